The van der Waals surface area contributed by atoms with Crippen molar-refractivity contribution in [3.05, 3.63) is 75.1 Å². The third-order valence-electron chi connectivity index (χ3n) is 5.18. The van der Waals surface area contributed by atoms with Gasteiger partial charge in [-0.05, 0) is 55.0 Å². The number of likely N-dealkylation sites (tertiary alicyclic amines) is 1. The summed E-state index contributed by atoms with van der Waals surface area (Å²) in [4.78, 5) is 36.8. The number of esters is 1. The summed E-state index contributed by atoms with van der Waals surface area (Å²) in [6.07, 6.45) is 2.44. The lowest BCUT2D eigenvalue weighted by molar-refractivity contribution is -0.385. The fraction of sp³-hybridized carbons (Fsp3) is 0.333. The zero-order valence-corrected chi connectivity index (χ0v) is 16.0. The molecule has 0 bridgehead atoms. The molecule has 2 aromatic carbocycles. The SMILES string of the molecule is COC(=O)c1cc(C(=O)N2CCC(Cc3ccc(F)cc3)CC2)ccc1[N+](=O)[O-]. The van der Waals surface area contributed by atoms with Gasteiger partial charge in [0, 0.05) is 24.7 Å². The summed E-state index contributed by atoms with van der Waals surface area (Å²) in [5.74, 6) is -0.995. The van der Waals surface area contributed by atoms with E-state index in [4.69, 9.17) is 0 Å². The summed E-state index contributed by atoms with van der Waals surface area (Å²) >= 11 is 0. The average molecular weight is 400 g/mol. The third kappa shape index (κ3) is 4.77. The second-order valence-corrected chi connectivity index (χ2v) is 7.05. The molecule has 0 unspecified atom stereocenters. The van der Waals surface area contributed by atoms with Crippen LogP contribution in [-0.4, -0.2) is 41.9 Å². The fourth-order valence-corrected chi connectivity index (χ4v) is 3.58. The summed E-state index contributed by atoms with van der Waals surface area (Å²) in [6, 6.07) is 10.2. The normalized spacial score (nSPS) is 14.5. The van der Waals surface area contributed by atoms with Crippen molar-refractivity contribution in [1.29, 1.82) is 0 Å². The number of carbonyl (C=O) groups excluding carboxylic acids is 2. The first-order valence-corrected chi connectivity index (χ1v) is 9.29. The molecule has 152 valence electrons. The Balaban J connectivity index is 1.66. The molecule has 0 radical (unpaired) electrons. The zero-order valence-electron chi connectivity index (χ0n) is 16.0. The number of ether oxygens (including phenoxy) is 1. The molecular formula is C21H21FN2O5. The van der Waals surface area contributed by atoms with E-state index in [2.05, 4.69) is 4.74 Å². The Morgan fingerprint density at radius 1 is 1.17 bits per heavy atom. The highest BCUT2D eigenvalue weighted by molar-refractivity contribution is 6.00. The molecule has 1 heterocycles. The van der Waals surface area contributed by atoms with Crippen LogP contribution in [0.5, 0.6) is 0 Å². The van der Waals surface area contributed by atoms with E-state index in [-0.39, 0.29) is 22.9 Å². The number of nitrogens with zero attached hydrogens (tertiary/aromatic N) is 2. The molecule has 2 aromatic rings. The summed E-state index contributed by atoms with van der Waals surface area (Å²) in [5.41, 5.74) is 0.642. The van der Waals surface area contributed by atoms with Gasteiger partial charge >= 0.3 is 5.97 Å². The minimum absolute atomic E-state index is 0.216. The fourth-order valence-electron chi connectivity index (χ4n) is 3.58. The summed E-state index contributed by atoms with van der Waals surface area (Å²) < 4.78 is 17.6. The molecule has 7 nitrogen and oxygen atoms in total. The highest BCUT2D eigenvalue weighted by Crippen LogP contribution is 2.25. The van der Waals surface area contributed by atoms with Crippen LogP contribution in [0.3, 0.4) is 0 Å². The number of carbonyl (C=O) groups is 2. The maximum absolute atomic E-state index is 13.0. The number of methoxy groups -OCH3 is 1. The van der Waals surface area contributed by atoms with Crippen LogP contribution in [0.25, 0.3) is 0 Å². The number of amides is 1. The van der Waals surface area contributed by atoms with E-state index in [9.17, 15) is 24.1 Å². The second kappa shape index (κ2) is 8.81. The number of hydrogen-bond acceptors (Lipinski definition) is 5. The average Bonchev–Trinajstić information content (AvgIpc) is 2.74. The molecule has 1 saturated heterocycles. The number of halogens is 1. The van der Waals surface area contributed by atoms with Crippen molar-refractivity contribution in [2.24, 2.45) is 5.92 Å². The predicted molar refractivity (Wildman–Crippen MR) is 103 cm³/mol. The predicted octanol–water partition coefficient (Wildman–Crippen LogP) is 3.62. The summed E-state index contributed by atoms with van der Waals surface area (Å²) in [7, 11) is 1.13. The molecular weight excluding hydrogens is 379 g/mol. The van der Waals surface area contributed by atoms with E-state index < -0.39 is 16.6 Å². The van der Waals surface area contributed by atoms with Gasteiger partial charge in [0.1, 0.15) is 11.4 Å². The standard InChI is InChI=1S/C21H21FN2O5/c1-29-21(26)18-13-16(4-7-19(18)24(27)28)20(25)23-10-8-15(9-11-23)12-14-2-5-17(22)6-3-14/h2-7,13,15H,8-12H2,1H3. The second-order valence-electron chi connectivity index (χ2n) is 7.05. The van der Waals surface area contributed by atoms with E-state index >= 15 is 0 Å². The van der Waals surface area contributed by atoms with Crippen molar-refractivity contribution >= 4 is 17.6 Å². The number of piperidine rings is 1. The largest absolute Gasteiger partial charge is 0.465 e. The van der Waals surface area contributed by atoms with Crippen LogP contribution in [-0.2, 0) is 11.2 Å². The van der Waals surface area contributed by atoms with Crippen LogP contribution >= 0.6 is 0 Å². The molecule has 0 aliphatic carbocycles. The number of hydrogen-bond donors (Lipinski definition) is 0. The maximum Gasteiger partial charge on any atom is 0.344 e. The topological polar surface area (TPSA) is 89.8 Å². The number of nitro groups is 1. The van der Waals surface area contributed by atoms with Gasteiger partial charge in [-0.25, -0.2) is 9.18 Å². The smallest absolute Gasteiger partial charge is 0.344 e. The summed E-state index contributed by atoms with van der Waals surface area (Å²) in [5, 5.41) is 11.1. The Hall–Kier alpha value is -3.29. The van der Waals surface area contributed by atoms with Gasteiger partial charge in [-0.15, -0.1) is 0 Å². The highest BCUT2D eigenvalue weighted by Gasteiger charge is 2.27. The Morgan fingerprint density at radius 3 is 2.41 bits per heavy atom. The van der Waals surface area contributed by atoms with Gasteiger partial charge in [0.2, 0.25) is 0 Å². The monoisotopic (exact) mass is 400 g/mol. The van der Waals surface area contributed by atoms with Crippen LogP contribution in [0.15, 0.2) is 42.5 Å². The Bertz CT molecular complexity index is 921. The molecule has 1 fully saturated rings. The van der Waals surface area contributed by atoms with E-state index in [0.29, 0.717) is 19.0 Å². The van der Waals surface area contributed by atoms with Gasteiger partial charge in [0.05, 0.1) is 12.0 Å². The molecule has 1 amide bonds. The first-order chi connectivity index (χ1) is 13.9. The van der Waals surface area contributed by atoms with Crippen LogP contribution in [0.2, 0.25) is 0 Å². The molecule has 0 N–H and O–H groups in total. The van der Waals surface area contributed by atoms with E-state index in [0.717, 1.165) is 38.0 Å². The number of rotatable bonds is 5. The Morgan fingerprint density at radius 2 is 1.83 bits per heavy atom. The Kier molecular flexibility index (Phi) is 6.21. The molecule has 29 heavy (non-hydrogen) atoms. The van der Waals surface area contributed by atoms with E-state index in [1.54, 1.807) is 17.0 Å². The molecule has 0 aromatic heterocycles. The minimum Gasteiger partial charge on any atom is -0.465 e. The van der Waals surface area contributed by atoms with Crippen molar-refractivity contribution in [3.8, 4) is 0 Å². The molecule has 8 heteroatoms. The first-order valence-electron chi connectivity index (χ1n) is 9.29. The first kappa shape index (κ1) is 20.4. The van der Waals surface area contributed by atoms with Gasteiger partial charge in [0.25, 0.3) is 11.6 Å². The van der Waals surface area contributed by atoms with Crippen LogP contribution in [0, 0.1) is 21.8 Å². The van der Waals surface area contributed by atoms with E-state index in [1.807, 2.05) is 0 Å². The molecule has 3 rings (SSSR count). The Labute approximate surface area is 167 Å². The quantitative estimate of drug-likeness (QED) is 0.434. The van der Waals surface area contributed by atoms with Crippen molar-refractivity contribution in [1.82, 2.24) is 4.90 Å². The molecule has 1 aliphatic rings. The van der Waals surface area contributed by atoms with E-state index in [1.165, 1.54) is 24.3 Å². The van der Waals surface area contributed by atoms with Gasteiger partial charge in [0.15, 0.2) is 0 Å². The molecule has 0 saturated carbocycles. The lowest BCUT2D eigenvalue weighted by Crippen LogP contribution is -2.39. The lowest BCUT2D eigenvalue weighted by Gasteiger charge is -2.32. The van der Waals surface area contributed by atoms with Crippen LogP contribution in [0.4, 0.5) is 10.1 Å². The number of nitro benzene ring substituents is 1. The van der Waals surface area contributed by atoms with Gasteiger partial charge in [-0.3, -0.25) is 14.9 Å². The van der Waals surface area contributed by atoms with Crippen LogP contribution < -0.4 is 0 Å². The van der Waals surface area contributed by atoms with Gasteiger partial charge in [-0.2, -0.15) is 0 Å². The van der Waals surface area contributed by atoms with Crippen molar-refractivity contribution in [2.45, 2.75) is 19.3 Å². The van der Waals surface area contributed by atoms with Gasteiger partial charge < -0.3 is 9.64 Å². The van der Waals surface area contributed by atoms with Crippen molar-refractivity contribution in [2.75, 3.05) is 20.2 Å². The minimum atomic E-state index is -0.857. The number of benzene rings is 2. The molecule has 0 spiro atoms. The third-order valence-corrected chi connectivity index (χ3v) is 5.18. The summed E-state index contributed by atoms with van der Waals surface area (Å²) in [6.45, 7) is 1.10. The molecule has 0 atom stereocenters. The zero-order chi connectivity index (χ0) is 21.0. The van der Waals surface area contributed by atoms with Gasteiger partial charge in [-0.1, -0.05) is 12.1 Å². The lowest BCUT2D eigenvalue weighted by atomic mass is 9.90. The maximum atomic E-state index is 13.0. The van der Waals surface area contributed by atoms with Crippen molar-refractivity contribution in [3.63, 3.8) is 0 Å². The molecule has 1 aliphatic heterocycles. The highest BCUT2D eigenvalue weighted by atomic mass is 19.1. The van der Waals surface area contributed by atoms with Crippen molar-refractivity contribution < 1.29 is 23.6 Å². The van der Waals surface area contributed by atoms with Crippen LogP contribution in [0.1, 0.15) is 39.1 Å².